The number of rotatable bonds is 16. The molecule has 2 atom stereocenters. The smallest absolute Gasteiger partial charge is 0.748 e. The fourth-order valence-electron chi connectivity index (χ4n) is 2.96. The van der Waals surface area contributed by atoms with Crippen LogP contribution in [0.5, 0.6) is 0 Å². The zero-order chi connectivity index (χ0) is 17.6. The van der Waals surface area contributed by atoms with Gasteiger partial charge in [0.1, 0.15) is 10.1 Å². The number of hydrogen-bond acceptors (Lipinski definition) is 4. The summed E-state index contributed by atoms with van der Waals surface area (Å²) in [6.45, 7) is 4.17. The normalized spacial score (nSPS) is 14.2. The molecule has 0 aliphatic carbocycles. The second kappa shape index (κ2) is 17.3. The molecule has 0 saturated heterocycles. The van der Waals surface area contributed by atoms with Crippen LogP contribution in [-0.2, 0) is 10.1 Å². The Labute approximate surface area is 172 Å². The molecule has 0 heterocycles. The molecule has 0 aromatic rings. The average molecular weight is 373 g/mol. The molecule has 2 unspecified atom stereocenters. The van der Waals surface area contributed by atoms with Crippen LogP contribution in [0.4, 0.5) is 0 Å². The third kappa shape index (κ3) is 15.2. The van der Waals surface area contributed by atoms with E-state index >= 15 is 0 Å². The molecule has 4 nitrogen and oxygen atoms in total. The molecule has 0 saturated carbocycles. The van der Waals surface area contributed by atoms with Gasteiger partial charge in [0.2, 0.25) is 0 Å². The van der Waals surface area contributed by atoms with Gasteiger partial charge in [-0.2, -0.15) is 0 Å². The largest absolute Gasteiger partial charge is 1.00 e. The second-order valence-corrected chi connectivity index (χ2v) is 8.30. The first-order valence-electron chi connectivity index (χ1n) is 9.56. The van der Waals surface area contributed by atoms with E-state index in [4.69, 9.17) is 0 Å². The fraction of sp³-hybridized carbons (Fsp3) is 1.00. The van der Waals surface area contributed by atoms with E-state index in [-0.39, 0.29) is 36.0 Å². The molecule has 0 rings (SSSR count). The Hall–Kier alpha value is 0.870. The molecule has 0 aromatic carbocycles. The van der Waals surface area contributed by atoms with Gasteiger partial charge in [-0.05, 0) is 12.8 Å². The van der Waals surface area contributed by atoms with E-state index in [1.807, 2.05) is 6.92 Å². The molecule has 0 aliphatic rings. The van der Waals surface area contributed by atoms with Crippen molar-refractivity contribution in [1.29, 1.82) is 0 Å². The summed E-state index contributed by atoms with van der Waals surface area (Å²) in [5.41, 5.74) is 0. The van der Waals surface area contributed by atoms with Crippen LogP contribution in [-0.4, -0.2) is 29.4 Å². The summed E-state index contributed by atoms with van der Waals surface area (Å²) in [6, 6.07) is 0. The molecular weight excluding hydrogens is 335 g/mol. The van der Waals surface area contributed by atoms with E-state index < -0.39 is 21.5 Å². The van der Waals surface area contributed by atoms with Crippen molar-refractivity contribution in [2.45, 2.75) is 115 Å². The maximum atomic E-state index is 11.2. The second-order valence-electron chi connectivity index (χ2n) is 6.71. The molecule has 0 spiro atoms. The monoisotopic (exact) mass is 372 g/mol. The van der Waals surface area contributed by atoms with Crippen LogP contribution < -0.4 is 29.6 Å². The van der Waals surface area contributed by atoms with Gasteiger partial charge in [-0.15, -0.1) is 0 Å². The molecular formula is C18H37NaO4S. The van der Waals surface area contributed by atoms with Crippen LogP contribution in [0.25, 0.3) is 0 Å². The minimum atomic E-state index is -4.40. The van der Waals surface area contributed by atoms with Crippen LogP contribution in [0, 0.1) is 0 Å². The Morgan fingerprint density at radius 3 is 1.58 bits per heavy atom. The van der Waals surface area contributed by atoms with Crippen molar-refractivity contribution in [2.24, 2.45) is 0 Å². The minimum absolute atomic E-state index is 0. The van der Waals surface area contributed by atoms with Gasteiger partial charge in [0.05, 0.1) is 11.4 Å². The maximum Gasteiger partial charge on any atom is 1.00 e. The first kappa shape index (κ1) is 27.1. The molecule has 6 heteroatoms. The Morgan fingerprint density at radius 2 is 1.17 bits per heavy atom. The van der Waals surface area contributed by atoms with E-state index in [0.29, 0.717) is 12.8 Å². The third-order valence-electron chi connectivity index (χ3n) is 4.50. The number of unbranched alkanes of at least 4 members (excludes halogenated alkanes) is 10. The van der Waals surface area contributed by atoms with Crippen LogP contribution in [0.2, 0.25) is 0 Å². The first-order chi connectivity index (χ1) is 10.9. The van der Waals surface area contributed by atoms with Crippen LogP contribution >= 0.6 is 0 Å². The topological polar surface area (TPSA) is 77.4 Å². The van der Waals surface area contributed by atoms with E-state index in [1.165, 1.54) is 44.9 Å². The third-order valence-corrected chi connectivity index (χ3v) is 5.79. The standard InChI is InChI=1S/C18H38O4S.Na/c1-3-5-7-8-9-10-11-12-13-14-15-17(19)18(16-6-4-2)23(20,21)22;/h17-19H,3-16H2,1-2H3,(H,20,21,22);/q;+1/p-1. The van der Waals surface area contributed by atoms with Crippen molar-refractivity contribution in [3.63, 3.8) is 0 Å². The molecule has 0 aliphatic heterocycles. The maximum absolute atomic E-state index is 11.2. The Balaban J connectivity index is 0. The van der Waals surface area contributed by atoms with Crippen LogP contribution in [0.15, 0.2) is 0 Å². The Bertz CT molecular complexity index is 360. The zero-order valence-electron chi connectivity index (χ0n) is 16.1. The predicted octanol–water partition coefficient (Wildman–Crippen LogP) is 1.77. The van der Waals surface area contributed by atoms with Gasteiger partial charge in [0.25, 0.3) is 0 Å². The summed E-state index contributed by atoms with van der Waals surface area (Å²) in [7, 11) is -4.40. The molecule has 0 aromatic heterocycles. The van der Waals surface area contributed by atoms with Crippen LogP contribution in [0.1, 0.15) is 104 Å². The average Bonchev–Trinajstić information content (AvgIpc) is 2.48. The fourth-order valence-corrected chi connectivity index (χ4v) is 3.94. The Morgan fingerprint density at radius 1 is 0.750 bits per heavy atom. The van der Waals surface area contributed by atoms with E-state index in [0.717, 1.165) is 25.7 Å². The summed E-state index contributed by atoms with van der Waals surface area (Å²) in [5.74, 6) is 0. The molecule has 140 valence electrons. The molecule has 0 bridgehead atoms. The summed E-state index contributed by atoms with van der Waals surface area (Å²) in [6.07, 6.45) is 13.2. The van der Waals surface area contributed by atoms with Crippen molar-refractivity contribution in [2.75, 3.05) is 0 Å². The van der Waals surface area contributed by atoms with Gasteiger partial charge < -0.3 is 9.66 Å². The van der Waals surface area contributed by atoms with Crippen molar-refractivity contribution >= 4 is 10.1 Å². The van der Waals surface area contributed by atoms with Gasteiger partial charge in [-0.25, -0.2) is 8.42 Å². The van der Waals surface area contributed by atoms with Crippen LogP contribution in [0.3, 0.4) is 0 Å². The SMILES string of the molecule is CCCCCCCCCCCCC(O)C(CCCC)S(=O)(=O)[O-].[Na+]. The van der Waals surface area contributed by atoms with E-state index in [9.17, 15) is 18.1 Å². The first-order valence-corrected chi connectivity index (χ1v) is 11.0. The van der Waals surface area contributed by atoms with Crippen molar-refractivity contribution in [1.82, 2.24) is 0 Å². The van der Waals surface area contributed by atoms with E-state index in [2.05, 4.69) is 6.92 Å². The molecule has 0 amide bonds. The summed E-state index contributed by atoms with van der Waals surface area (Å²) < 4.78 is 33.7. The van der Waals surface area contributed by atoms with Crippen molar-refractivity contribution in [3.8, 4) is 0 Å². The van der Waals surface area contributed by atoms with Gasteiger partial charge in [-0.3, -0.25) is 0 Å². The van der Waals surface area contributed by atoms with Crippen molar-refractivity contribution in [3.05, 3.63) is 0 Å². The minimum Gasteiger partial charge on any atom is -0.748 e. The molecule has 1 N–H and O–H groups in total. The summed E-state index contributed by atoms with van der Waals surface area (Å²) in [5, 5.41) is 8.89. The summed E-state index contributed by atoms with van der Waals surface area (Å²) in [4.78, 5) is 0. The van der Waals surface area contributed by atoms with Gasteiger partial charge >= 0.3 is 29.6 Å². The zero-order valence-corrected chi connectivity index (χ0v) is 19.0. The Kier molecular flexibility index (Phi) is 19.5. The van der Waals surface area contributed by atoms with Gasteiger partial charge in [-0.1, -0.05) is 90.9 Å². The van der Waals surface area contributed by atoms with Crippen molar-refractivity contribution < 1.29 is 47.6 Å². The summed E-state index contributed by atoms with van der Waals surface area (Å²) >= 11 is 0. The molecule has 0 fully saturated rings. The predicted molar refractivity (Wildman–Crippen MR) is 95.5 cm³/mol. The molecule has 24 heavy (non-hydrogen) atoms. The number of hydrogen-bond donors (Lipinski definition) is 1. The molecule has 0 radical (unpaired) electrons. The number of aliphatic hydroxyl groups excluding tert-OH is 1. The van der Waals surface area contributed by atoms with Gasteiger partial charge in [0, 0.05) is 0 Å². The number of aliphatic hydroxyl groups is 1. The van der Waals surface area contributed by atoms with E-state index in [1.54, 1.807) is 0 Å². The van der Waals surface area contributed by atoms with Gasteiger partial charge in [0.15, 0.2) is 0 Å². The quantitative estimate of drug-likeness (QED) is 0.254.